The van der Waals surface area contributed by atoms with Gasteiger partial charge in [0.05, 0.1) is 28.4 Å². The summed E-state index contributed by atoms with van der Waals surface area (Å²) in [4.78, 5) is 52.2. The molecule has 3 rings (SSSR count). The molecule has 0 amide bonds. The average molecular weight is 344 g/mol. The molecule has 0 aliphatic heterocycles. The quantitative estimate of drug-likeness (QED) is 0.519. The van der Waals surface area contributed by atoms with Crippen molar-refractivity contribution in [2.75, 3.05) is 6.61 Å². The Bertz CT molecular complexity index is 1160. The molecule has 0 aliphatic carbocycles. The summed E-state index contributed by atoms with van der Waals surface area (Å²) in [6, 6.07) is 3.12. The summed E-state index contributed by atoms with van der Waals surface area (Å²) >= 11 is 0. The molecule has 0 unspecified atom stereocenters. The monoisotopic (exact) mass is 344 g/mol. The molecule has 0 fully saturated rings. The number of carbonyl (C=O) groups is 2. The topological polar surface area (TPSA) is 150 Å². The molecule has 9 heteroatoms. The maximum Gasteiger partial charge on any atom is 0.352 e. The van der Waals surface area contributed by atoms with Crippen molar-refractivity contribution in [1.82, 2.24) is 9.97 Å². The third kappa shape index (κ3) is 2.61. The second-order valence-corrected chi connectivity index (χ2v) is 5.19. The fraction of sp³-hybridized carbons (Fsp3) is 0.125. The number of rotatable bonds is 4. The van der Waals surface area contributed by atoms with Gasteiger partial charge in [0.1, 0.15) is 17.1 Å². The first-order chi connectivity index (χ1) is 11.8. The van der Waals surface area contributed by atoms with Gasteiger partial charge in [-0.25, -0.2) is 9.59 Å². The molecule has 2 heterocycles. The van der Waals surface area contributed by atoms with Crippen LogP contribution in [-0.2, 0) is 0 Å². The van der Waals surface area contributed by atoms with E-state index < -0.39 is 22.8 Å². The van der Waals surface area contributed by atoms with Crippen molar-refractivity contribution in [2.24, 2.45) is 0 Å². The zero-order chi connectivity index (χ0) is 18.3. The number of pyridine rings is 2. The van der Waals surface area contributed by atoms with E-state index in [9.17, 15) is 19.2 Å². The summed E-state index contributed by atoms with van der Waals surface area (Å²) < 4.78 is 5.42. The van der Waals surface area contributed by atoms with Crippen LogP contribution in [-0.4, -0.2) is 38.7 Å². The summed E-state index contributed by atoms with van der Waals surface area (Å²) in [5, 5.41) is 18.2. The van der Waals surface area contributed by atoms with Gasteiger partial charge in [-0.2, -0.15) is 0 Å². The predicted octanol–water partition coefficient (Wildman–Crippen LogP) is 1.16. The number of H-pyrrole nitrogens is 2. The summed E-state index contributed by atoms with van der Waals surface area (Å²) in [6.45, 7) is 1.90. The second kappa shape index (κ2) is 5.78. The fourth-order valence-electron chi connectivity index (χ4n) is 2.61. The molecular formula is C16H12N2O7. The van der Waals surface area contributed by atoms with Crippen molar-refractivity contribution in [3.05, 3.63) is 50.0 Å². The summed E-state index contributed by atoms with van der Waals surface area (Å²) in [6.07, 6.45) is 0. The number of aromatic carboxylic acids is 2. The van der Waals surface area contributed by atoms with Crippen LogP contribution in [0.2, 0.25) is 0 Å². The second-order valence-electron chi connectivity index (χ2n) is 5.19. The highest BCUT2D eigenvalue weighted by Crippen LogP contribution is 2.28. The molecule has 4 N–H and O–H groups in total. The number of fused-ring (bicyclic) bond motifs is 3. The standard InChI is InChI=1S/C16H12N2O7/c1-2-25-11-3-6-9(19)4-7(15(21)22)17-13(6)12-10(20)5-8(16(23)24)18-14(11)12/h3-5H,2H2,1H3,(H,17,19)(H,18,20)(H,21,22)(H,23,24). The smallest absolute Gasteiger partial charge is 0.352 e. The van der Waals surface area contributed by atoms with Gasteiger partial charge in [-0.05, 0) is 13.0 Å². The minimum Gasteiger partial charge on any atom is -0.492 e. The van der Waals surface area contributed by atoms with Crippen LogP contribution >= 0.6 is 0 Å². The van der Waals surface area contributed by atoms with E-state index in [4.69, 9.17) is 14.9 Å². The maximum absolute atomic E-state index is 12.5. The Morgan fingerprint density at radius 3 is 2.08 bits per heavy atom. The molecule has 9 nitrogen and oxygen atoms in total. The number of aromatic amines is 2. The predicted molar refractivity (Wildman–Crippen MR) is 87.8 cm³/mol. The highest BCUT2D eigenvalue weighted by Gasteiger charge is 2.18. The molecule has 2 aromatic heterocycles. The summed E-state index contributed by atoms with van der Waals surface area (Å²) in [5.41, 5.74) is -1.95. The van der Waals surface area contributed by atoms with Gasteiger partial charge in [0, 0.05) is 12.1 Å². The van der Waals surface area contributed by atoms with Gasteiger partial charge in [-0.15, -0.1) is 0 Å². The van der Waals surface area contributed by atoms with Gasteiger partial charge in [0.2, 0.25) is 0 Å². The molecule has 0 bridgehead atoms. The molecule has 0 atom stereocenters. The zero-order valence-electron chi connectivity index (χ0n) is 12.9. The molecule has 25 heavy (non-hydrogen) atoms. The van der Waals surface area contributed by atoms with E-state index in [1.165, 1.54) is 6.07 Å². The highest BCUT2D eigenvalue weighted by molar-refractivity contribution is 6.08. The lowest BCUT2D eigenvalue weighted by Gasteiger charge is -2.11. The fourth-order valence-corrected chi connectivity index (χ4v) is 2.61. The van der Waals surface area contributed by atoms with Crippen LogP contribution in [0.1, 0.15) is 27.9 Å². The number of carboxylic acids is 2. The third-order valence-corrected chi connectivity index (χ3v) is 3.63. The molecule has 0 aliphatic rings. The molecule has 0 saturated heterocycles. The number of nitrogens with one attached hydrogen (secondary N) is 2. The first kappa shape index (κ1) is 16.2. The average Bonchev–Trinajstić information content (AvgIpc) is 2.55. The SMILES string of the molecule is CCOc1cc2c(=O)cc(C(=O)O)[nH]c2c2c(=O)cc(C(=O)O)[nH]c12. The van der Waals surface area contributed by atoms with E-state index in [1.807, 2.05) is 0 Å². The van der Waals surface area contributed by atoms with Crippen LogP contribution in [0.4, 0.5) is 0 Å². The molecule has 0 saturated carbocycles. The molecule has 3 aromatic rings. The molecule has 128 valence electrons. The zero-order valence-corrected chi connectivity index (χ0v) is 12.9. The van der Waals surface area contributed by atoms with Crippen molar-refractivity contribution in [3.63, 3.8) is 0 Å². The van der Waals surface area contributed by atoms with Crippen LogP contribution in [0.15, 0.2) is 27.8 Å². The lowest BCUT2D eigenvalue weighted by molar-refractivity contribution is 0.0680. The number of aromatic nitrogens is 2. The Hall–Kier alpha value is -3.62. The van der Waals surface area contributed by atoms with Gasteiger partial charge >= 0.3 is 11.9 Å². The summed E-state index contributed by atoms with van der Waals surface area (Å²) in [7, 11) is 0. The number of ether oxygens (including phenoxy) is 1. The Kier molecular flexibility index (Phi) is 3.76. The van der Waals surface area contributed by atoms with Crippen molar-refractivity contribution in [3.8, 4) is 5.75 Å². The van der Waals surface area contributed by atoms with Crippen molar-refractivity contribution in [1.29, 1.82) is 0 Å². The van der Waals surface area contributed by atoms with Crippen LogP contribution in [0.25, 0.3) is 21.8 Å². The van der Waals surface area contributed by atoms with E-state index in [1.54, 1.807) is 6.92 Å². The van der Waals surface area contributed by atoms with Crippen LogP contribution in [0, 0.1) is 0 Å². The van der Waals surface area contributed by atoms with E-state index in [-0.39, 0.29) is 45.6 Å². The summed E-state index contributed by atoms with van der Waals surface area (Å²) in [5.74, 6) is -2.58. The van der Waals surface area contributed by atoms with Gasteiger partial charge in [0.25, 0.3) is 0 Å². The maximum atomic E-state index is 12.5. The Balaban J connectivity index is 2.59. The molecule has 0 spiro atoms. The normalized spacial score (nSPS) is 10.9. The first-order valence-corrected chi connectivity index (χ1v) is 7.20. The van der Waals surface area contributed by atoms with Crippen molar-refractivity contribution >= 4 is 33.7 Å². The van der Waals surface area contributed by atoms with Gasteiger partial charge in [-0.1, -0.05) is 0 Å². The number of hydrogen-bond donors (Lipinski definition) is 4. The van der Waals surface area contributed by atoms with Crippen LogP contribution in [0.3, 0.4) is 0 Å². The Morgan fingerprint density at radius 2 is 1.52 bits per heavy atom. The Morgan fingerprint density at radius 1 is 0.960 bits per heavy atom. The third-order valence-electron chi connectivity index (χ3n) is 3.63. The minimum absolute atomic E-state index is 0.00143. The van der Waals surface area contributed by atoms with E-state index >= 15 is 0 Å². The van der Waals surface area contributed by atoms with Gasteiger partial charge < -0.3 is 24.9 Å². The van der Waals surface area contributed by atoms with E-state index in [0.717, 1.165) is 12.1 Å². The molecule has 0 radical (unpaired) electrons. The van der Waals surface area contributed by atoms with E-state index in [0.29, 0.717) is 0 Å². The van der Waals surface area contributed by atoms with Crippen LogP contribution in [0.5, 0.6) is 5.75 Å². The number of benzene rings is 1. The van der Waals surface area contributed by atoms with Crippen molar-refractivity contribution in [2.45, 2.75) is 6.92 Å². The highest BCUT2D eigenvalue weighted by atomic mass is 16.5. The largest absolute Gasteiger partial charge is 0.492 e. The van der Waals surface area contributed by atoms with E-state index in [2.05, 4.69) is 9.97 Å². The lowest BCUT2D eigenvalue weighted by atomic mass is 10.1. The van der Waals surface area contributed by atoms with Crippen molar-refractivity contribution < 1.29 is 24.5 Å². The lowest BCUT2D eigenvalue weighted by Crippen LogP contribution is -2.15. The Labute approximate surface area is 138 Å². The van der Waals surface area contributed by atoms with Crippen LogP contribution < -0.4 is 15.6 Å². The molecular weight excluding hydrogens is 332 g/mol. The molecule has 1 aromatic carbocycles. The van der Waals surface area contributed by atoms with Gasteiger partial charge in [0.15, 0.2) is 10.9 Å². The first-order valence-electron chi connectivity index (χ1n) is 7.20. The minimum atomic E-state index is -1.36. The van der Waals surface area contributed by atoms with Gasteiger partial charge in [-0.3, -0.25) is 9.59 Å². The number of carboxylic acid groups (broad SMARTS) is 2. The number of hydrogen-bond acceptors (Lipinski definition) is 5.